The number of hydrogen-bond acceptors (Lipinski definition) is 7. The van der Waals surface area contributed by atoms with Crippen LogP contribution < -0.4 is 19.8 Å². The van der Waals surface area contributed by atoms with Crippen molar-refractivity contribution in [1.29, 1.82) is 0 Å². The third-order valence-electron chi connectivity index (χ3n) is 6.58. The molecule has 0 saturated carbocycles. The lowest BCUT2D eigenvalue weighted by Crippen LogP contribution is -2.32. The minimum Gasteiger partial charge on any atom is -0.483 e. The van der Waals surface area contributed by atoms with Crippen molar-refractivity contribution in [2.45, 2.75) is 16.2 Å². The van der Waals surface area contributed by atoms with Crippen molar-refractivity contribution in [2.75, 3.05) is 16.8 Å². The van der Waals surface area contributed by atoms with Gasteiger partial charge in [0.05, 0.1) is 16.6 Å². The zero-order valence-electron chi connectivity index (χ0n) is 20.1. The van der Waals surface area contributed by atoms with E-state index in [0.29, 0.717) is 37.6 Å². The molecule has 8 nitrogen and oxygen atoms in total. The number of nitrogens with zero attached hydrogens (tertiary/aromatic N) is 1. The number of thioether (sulfide) groups is 1. The van der Waals surface area contributed by atoms with Gasteiger partial charge in [-0.15, -0.1) is 0 Å². The number of benzene rings is 3. The van der Waals surface area contributed by atoms with E-state index < -0.39 is 17.1 Å². The van der Waals surface area contributed by atoms with Gasteiger partial charge in [0.25, 0.3) is 5.91 Å². The van der Waals surface area contributed by atoms with Crippen molar-refractivity contribution in [1.82, 2.24) is 4.98 Å². The molecule has 0 aliphatic carbocycles. The predicted molar refractivity (Wildman–Crippen MR) is 151 cm³/mol. The molecule has 2 N–H and O–H groups in total. The third kappa shape index (κ3) is 4.75. The third-order valence-corrected chi connectivity index (χ3v) is 9.23. The molecule has 2 aliphatic rings. The van der Waals surface area contributed by atoms with E-state index in [1.807, 2.05) is 18.2 Å². The van der Waals surface area contributed by atoms with Crippen LogP contribution in [0.15, 0.2) is 88.7 Å². The van der Waals surface area contributed by atoms with Gasteiger partial charge < -0.3 is 15.0 Å². The number of fused-ring (bicyclic) bond motifs is 2. The number of halogens is 1. The average molecular weight is 578 g/mol. The van der Waals surface area contributed by atoms with E-state index in [1.54, 1.807) is 60.7 Å². The van der Waals surface area contributed by atoms with Crippen molar-refractivity contribution in [3.8, 4) is 5.75 Å². The van der Waals surface area contributed by atoms with Crippen LogP contribution in [0.25, 0.3) is 0 Å². The molecule has 0 radical (unpaired) electrons. The van der Waals surface area contributed by atoms with Gasteiger partial charge in [-0.25, -0.2) is 4.90 Å². The predicted octanol–water partition coefficient (Wildman–Crippen LogP) is 4.90. The first-order chi connectivity index (χ1) is 18.9. The van der Waals surface area contributed by atoms with Gasteiger partial charge >= 0.3 is 4.87 Å². The number of aromatic nitrogens is 1. The second kappa shape index (κ2) is 10.4. The molecular formula is C28H20ClN3O5S2. The summed E-state index contributed by atoms with van der Waals surface area (Å²) in [4.78, 5) is 56.8. The molecule has 196 valence electrons. The highest BCUT2D eigenvalue weighted by Crippen LogP contribution is 2.54. The van der Waals surface area contributed by atoms with Gasteiger partial charge in [0, 0.05) is 27.1 Å². The molecule has 3 heterocycles. The molecule has 0 spiro atoms. The normalized spacial score (nSPS) is 19.9. The zero-order valence-corrected chi connectivity index (χ0v) is 22.5. The second-order valence-corrected chi connectivity index (χ2v) is 11.6. The van der Waals surface area contributed by atoms with E-state index in [9.17, 15) is 19.2 Å². The largest absolute Gasteiger partial charge is 0.483 e. The van der Waals surface area contributed by atoms with E-state index in [0.717, 1.165) is 11.3 Å². The minimum absolute atomic E-state index is 0.262. The number of ether oxygens (including phenoxy) is 1. The fourth-order valence-corrected chi connectivity index (χ4v) is 7.56. The number of aromatic amines is 1. The molecule has 3 aromatic carbocycles. The SMILES string of the molecule is O=C(COc1ccccc1[C@H]1c2sc(=O)[nH]c2SC2C(=O)N(c3ccc(Cl)cc3)C(=O)C21)Nc1ccccc1. The van der Waals surface area contributed by atoms with Gasteiger partial charge in [0.2, 0.25) is 11.8 Å². The summed E-state index contributed by atoms with van der Waals surface area (Å²) in [6, 6.07) is 22.6. The summed E-state index contributed by atoms with van der Waals surface area (Å²) in [7, 11) is 0. The Balaban J connectivity index is 1.35. The maximum atomic E-state index is 13.9. The van der Waals surface area contributed by atoms with Gasteiger partial charge in [-0.3, -0.25) is 19.2 Å². The second-order valence-electron chi connectivity index (χ2n) is 8.98. The summed E-state index contributed by atoms with van der Waals surface area (Å²) in [6.07, 6.45) is 0. The van der Waals surface area contributed by atoms with E-state index in [4.69, 9.17) is 16.3 Å². The van der Waals surface area contributed by atoms with Crippen LogP contribution in [0.1, 0.15) is 16.4 Å². The van der Waals surface area contributed by atoms with Crippen LogP contribution in [-0.2, 0) is 14.4 Å². The van der Waals surface area contributed by atoms with Crippen LogP contribution in [0.5, 0.6) is 5.75 Å². The van der Waals surface area contributed by atoms with Crippen molar-refractivity contribution < 1.29 is 19.1 Å². The molecule has 1 saturated heterocycles. The number of anilines is 2. The first-order valence-electron chi connectivity index (χ1n) is 12.0. The van der Waals surface area contributed by atoms with E-state index in [1.165, 1.54) is 16.7 Å². The lowest BCUT2D eigenvalue weighted by atomic mass is 9.82. The van der Waals surface area contributed by atoms with Crippen molar-refractivity contribution in [3.63, 3.8) is 0 Å². The average Bonchev–Trinajstić information content (AvgIpc) is 3.43. The van der Waals surface area contributed by atoms with Gasteiger partial charge in [-0.1, -0.05) is 71.1 Å². The lowest BCUT2D eigenvalue weighted by Gasteiger charge is -2.30. The number of para-hydroxylation sites is 2. The lowest BCUT2D eigenvalue weighted by molar-refractivity contribution is -0.122. The molecular weight excluding hydrogens is 558 g/mol. The van der Waals surface area contributed by atoms with Crippen LogP contribution >= 0.6 is 34.7 Å². The van der Waals surface area contributed by atoms with E-state index in [-0.39, 0.29) is 29.2 Å². The standard InChI is InChI=1S/C28H20ClN3O5S2/c29-15-10-12-17(13-11-15)32-26(34)22-21(23-25(31-28(36)39-23)38-24(22)27(32)35)18-8-4-5-9-19(18)37-14-20(33)30-16-6-2-1-3-7-16/h1-13,21-22,24H,14H2,(H,30,33)(H,31,36)/t21-,22?,24?/m1/s1. The molecule has 1 fully saturated rings. The maximum absolute atomic E-state index is 13.9. The highest BCUT2D eigenvalue weighted by molar-refractivity contribution is 8.00. The Morgan fingerprint density at radius 2 is 1.67 bits per heavy atom. The number of imide groups is 1. The van der Waals surface area contributed by atoms with E-state index >= 15 is 0 Å². The van der Waals surface area contributed by atoms with Gasteiger partial charge in [0.1, 0.15) is 11.0 Å². The smallest absolute Gasteiger partial charge is 0.305 e. The first-order valence-corrected chi connectivity index (χ1v) is 14.1. The fraction of sp³-hybridized carbons (Fsp3) is 0.143. The van der Waals surface area contributed by atoms with Gasteiger partial charge in [-0.2, -0.15) is 0 Å². The van der Waals surface area contributed by atoms with Crippen LogP contribution in [0.4, 0.5) is 11.4 Å². The summed E-state index contributed by atoms with van der Waals surface area (Å²) in [6.45, 7) is -0.262. The monoisotopic (exact) mass is 577 g/mol. The summed E-state index contributed by atoms with van der Waals surface area (Å²) in [5, 5.41) is 3.09. The van der Waals surface area contributed by atoms with Gasteiger partial charge in [-0.05, 0) is 42.5 Å². The number of nitrogens with one attached hydrogen (secondary N) is 2. The van der Waals surface area contributed by atoms with E-state index in [2.05, 4.69) is 10.3 Å². The van der Waals surface area contributed by atoms with Crippen LogP contribution in [-0.4, -0.2) is 34.6 Å². The van der Waals surface area contributed by atoms with Crippen molar-refractivity contribution in [3.05, 3.63) is 104 Å². The Morgan fingerprint density at radius 1 is 0.949 bits per heavy atom. The number of amides is 3. The molecule has 4 aromatic rings. The molecule has 2 aliphatic heterocycles. The number of hydrogen-bond donors (Lipinski definition) is 2. The summed E-state index contributed by atoms with van der Waals surface area (Å²) in [5.74, 6) is -2.08. The number of rotatable bonds is 6. The summed E-state index contributed by atoms with van der Waals surface area (Å²) < 4.78 is 5.95. The molecule has 39 heavy (non-hydrogen) atoms. The van der Waals surface area contributed by atoms with Crippen LogP contribution in [0, 0.1) is 5.92 Å². The number of H-pyrrole nitrogens is 1. The van der Waals surface area contributed by atoms with Crippen molar-refractivity contribution in [2.24, 2.45) is 5.92 Å². The Bertz CT molecular complexity index is 1640. The molecule has 3 atom stereocenters. The van der Waals surface area contributed by atoms with Crippen LogP contribution in [0.3, 0.4) is 0 Å². The first kappa shape index (κ1) is 25.4. The quantitative estimate of drug-likeness (QED) is 0.316. The minimum atomic E-state index is -0.778. The zero-order chi connectivity index (χ0) is 27.1. The molecule has 2 unspecified atom stereocenters. The van der Waals surface area contributed by atoms with Crippen molar-refractivity contribution >= 4 is 63.8 Å². The topological polar surface area (TPSA) is 109 Å². The Kier molecular flexibility index (Phi) is 6.76. The maximum Gasteiger partial charge on any atom is 0.305 e. The highest BCUT2D eigenvalue weighted by atomic mass is 35.5. The summed E-state index contributed by atoms with van der Waals surface area (Å²) in [5.41, 5.74) is 1.70. The Hall–Kier alpha value is -3.86. The number of thiazole rings is 1. The molecule has 11 heteroatoms. The molecule has 6 rings (SSSR count). The molecule has 0 bridgehead atoms. The Labute approximate surface area is 236 Å². The highest BCUT2D eigenvalue weighted by Gasteiger charge is 2.56. The summed E-state index contributed by atoms with van der Waals surface area (Å²) >= 11 is 8.24. The van der Waals surface area contributed by atoms with Gasteiger partial charge in [0.15, 0.2) is 6.61 Å². The fourth-order valence-electron chi connectivity index (χ4n) is 4.93. The number of carbonyl (C=O) groups excluding carboxylic acids is 3. The molecule has 3 amide bonds. The Morgan fingerprint density at radius 3 is 2.44 bits per heavy atom. The molecule has 1 aromatic heterocycles. The van der Waals surface area contributed by atoms with Crippen LogP contribution in [0.2, 0.25) is 5.02 Å². The number of carbonyl (C=O) groups is 3.